The van der Waals surface area contributed by atoms with Crippen molar-refractivity contribution in [2.45, 2.75) is 59.1 Å². The lowest BCUT2D eigenvalue weighted by Crippen LogP contribution is -2.49. The van der Waals surface area contributed by atoms with E-state index in [1.165, 1.54) is 12.8 Å². The maximum Gasteiger partial charge on any atom is 0.309 e. The van der Waals surface area contributed by atoms with Gasteiger partial charge in [-0.05, 0) is 54.7 Å². The highest BCUT2D eigenvalue weighted by Crippen LogP contribution is 2.39. The summed E-state index contributed by atoms with van der Waals surface area (Å²) >= 11 is 0. The van der Waals surface area contributed by atoms with E-state index in [4.69, 9.17) is 9.84 Å². The minimum absolute atomic E-state index is 0.236. The fraction of sp³-hybridized carbons (Fsp3) is 0.519. The molecule has 0 aromatic heterocycles. The molecule has 4 rings (SSSR count). The fourth-order valence-electron chi connectivity index (χ4n) is 4.97. The number of halogens is 1. The first kappa shape index (κ1) is 22.8. The summed E-state index contributed by atoms with van der Waals surface area (Å²) in [5.41, 5.74) is 2.34. The molecule has 2 aromatic carbocycles. The van der Waals surface area contributed by atoms with Crippen molar-refractivity contribution in [2.24, 2.45) is 17.3 Å². The molecule has 0 radical (unpaired) electrons. The van der Waals surface area contributed by atoms with Crippen molar-refractivity contribution in [1.82, 2.24) is 4.90 Å². The fourth-order valence-corrected chi connectivity index (χ4v) is 4.97. The lowest BCUT2D eigenvalue weighted by Gasteiger charge is -2.37. The summed E-state index contributed by atoms with van der Waals surface area (Å²) in [6.07, 6.45) is 4.83. The summed E-state index contributed by atoms with van der Waals surface area (Å²) in [5.74, 6) is 0.244. The maximum atomic E-state index is 15.2. The summed E-state index contributed by atoms with van der Waals surface area (Å²) in [5, 5.41) is 9.02. The van der Waals surface area contributed by atoms with Crippen LogP contribution >= 0.6 is 0 Å². The molecule has 5 heteroatoms. The van der Waals surface area contributed by atoms with Crippen LogP contribution in [0.2, 0.25) is 0 Å². The Kier molecular flexibility index (Phi) is 6.57. The van der Waals surface area contributed by atoms with Crippen molar-refractivity contribution in [3.8, 4) is 16.9 Å². The van der Waals surface area contributed by atoms with Gasteiger partial charge in [-0.15, -0.1) is 0 Å². The Bertz CT molecular complexity index is 936. The molecule has 1 saturated heterocycles. The molecule has 1 N–H and O–H groups in total. The summed E-state index contributed by atoms with van der Waals surface area (Å²) in [6, 6.07) is 13.1. The topological polar surface area (TPSA) is 49.8 Å². The number of rotatable bonds is 6. The summed E-state index contributed by atoms with van der Waals surface area (Å²) in [4.78, 5) is 12.9. The van der Waals surface area contributed by atoms with Crippen molar-refractivity contribution in [3.63, 3.8) is 0 Å². The van der Waals surface area contributed by atoms with Gasteiger partial charge >= 0.3 is 5.97 Å². The molecule has 1 aliphatic carbocycles. The number of carboxylic acid groups (broad SMARTS) is 1. The molecule has 1 aliphatic heterocycles. The molecule has 0 bridgehead atoms. The van der Waals surface area contributed by atoms with Crippen LogP contribution in [0.25, 0.3) is 11.1 Å². The number of nitrogens with zero attached hydrogens (tertiary/aromatic N) is 1. The molecule has 1 heterocycles. The quantitative estimate of drug-likeness (QED) is 0.600. The van der Waals surface area contributed by atoms with Gasteiger partial charge in [0.15, 0.2) is 0 Å². The number of aliphatic carboxylic acids is 1. The first-order chi connectivity index (χ1) is 15.2. The molecule has 0 atom stereocenters. The Morgan fingerprint density at radius 1 is 1.06 bits per heavy atom. The van der Waals surface area contributed by atoms with Crippen LogP contribution in [0.15, 0.2) is 42.5 Å². The van der Waals surface area contributed by atoms with Crippen LogP contribution in [-0.4, -0.2) is 35.2 Å². The van der Waals surface area contributed by atoms with E-state index in [2.05, 4.69) is 20.8 Å². The number of benzene rings is 2. The van der Waals surface area contributed by atoms with E-state index in [9.17, 15) is 4.79 Å². The molecular weight excluding hydrogens is 405 g/mol. The number of hydrogen-bond donors (Lipinski definition) is 1. The standard InChI is InChI=1S/C27H34FNO3/c1-27(2,3)21-9-13-23(14-10-21)32-22-11-7-18(8-12-22)24-6-4-5-19(25(24)28)15-29-16-20(17-29)26(30)31/h4-8,11-12,20-21,23H,9-10,13-17H2,1-3H3,(H,30,31)/t21-,23+. The van der Waals surface area contributed by atoms with E-state index in [-0.39, 0.29) is 17.8 Å². The molecule has 2 aromatic rings. The monoisotopic (exact) mass is 439 g/mol. The van der Waals surface area contributed by atoms with Gasteiger partial charge in [0.05, 0.1) is 12.0 Å². The van der Waals surface area contributed by atoms with Gasteiger partial charge in [-0.3, -0.25) is 9.69 Å². The Labute approximate surface area is 190 Å². The average molecular weight is 440 g/mol. The Morgan fingerprint density at radius 2 is 1.72 bits per heavy atom. The number of ether oxygens (including phenoxy) is 1. The Hall–Kier alpha value is -2.40. The third-order valence-corrected chi connectivity index (χ3v) is 7.15. The van der Waals surface area contributed by atoms with Crippen LogP contribution in [-0.2, 0) is 11.3 Å². The van der Waals surface area contributed by atoms with E-state index in [0.29, 0.717) is 36.2 Å². The zero-order chi connectivity index (χ0) is 22.9. The highest BCUT2D eigenvalue weighted by Gasteiger charge is 2.33. The summed E-state index contributed by atoms with van der Waals surface area (Å²) in [6.45, 7) is 8.35. The van der Waals surface area contributed by atoms with E-state index in [1.807, 2.05) is 35.2 Å². The normalized spacial score (nSPS) is 22.4. The highest BCUT2D eigenvalue weighted by molar-refractivity contribution is 5.71. The SMILES string of the molecule is CC(C)(C)[C@H]1CC[C@@H](Oc2ccc(-c3cccc(CN4CC(C(=O)O)C4)c3F)cc2)CC1. The lowest BCUT2D eigenvalue weighted by atomic mass is 9.72. The molecule has 1 saturated carbocycles. The molecule has 2 fully saturated rings. The highest BCUT2D eigenvalue weighted by atomic mass is 19.1. The van der Waals surface area contributed by atoms with E-state index in [0.717, 1.165) is 30.1 Å². The van der Waals surface area contributed by atoms with Crippen molar-refractivity contribution >= 4 is 5.97 Å². The van der Waals surface area contributed by atoms with Gasteiger partial charge in [0.1, 0.15) is 11.6 Å². The predicted octanol–water partition coefficient (Wildman–Crippen LogP) is 5.99. The average Bonchev–Trinajstić information content (AvgIpc) is 2.71. The van der Waals surface area contributed by atoms with Crippen LogP contribution in [0.3, 0.4) is 0 Å². The molecule has 2 aliphatic rings. The zero-order valence-electron chi connectivity index (χ0n) is 19.3. The van der Waals surface area contributed by atoms with Crippen molar-refractivity contribution in [3.05, 3.63) is 53.8 Å². The number of hydrogen-bond acceptors (Lipinski definition) is 3. The number of carboxylic acids is 1. The van der Waals surface area contributed by atoms with Gasteiger partial charge in [0.2, 0.25) is 0 Å². The molecule has 0 unspecified atom stereocenters. The van der Waals surface area contributed by atoms with E-state index >= 15 is 4.39 Å². The van der Waals surface area contributed by atoms with Crippen molar-refractivity contribution in [2.75, 3.05) is 13.1 Å². The van der Waals surface area contributed by atoms with Gasteiger partial charge in [-0.25, -0.2) is 4.39 Å². The molecule has 4 nitrogen and oxygen atoms in total. The van der Waals surface area contributed by atoms with Gasteiger partial charge < -0.3 is 9.84 Å². The smallest absolute Gasteiger partial charge is 0.309 e. The third-order valence-electron chi connectivity index (χ3n) is 7.15. The van der Waals surface area contributed by atoms with Gasteiger partial charge in [0, 0.05) is 30.8 Å². The van der Waals surface area contributed by atoms with Crippen LogP contribution in [0.1, 0.15) is 52.0 Å². The Balaban J connectivity index is 1.36. The second-order valence-electron chi connectivity index (χ2n) is 10.5. The minimum Gasteiger partial charge on any atom is -0.490 e. The second kappa shape index (κ2) is 9.22. The maximum absolute atomic E-state index is 15.2. The van der Waals surface area contributed by atoms with Crippen LogP contribution in [0, 0.1) is 23.1 Å². The van der Waals surface area contributed by atoms with Crippen LogP contribution in [0.5, 0.6) is 5.75 Å². The number of likely N-dealkylation sites (tertiary alicyclic amines) is 1. The van der Waals surface area contributed by atoms with E-state index in [1.54, 1.807) is 12.1 Å². The van der Waals surface area contributed by atoms with Gasteiger partial charge in [-0.1, -0.05) is 51.1 Å². The predicted molar refractivity (Wildman–Crippen MR) is 124 cm³/mol. The van der Waals surface area contributed by atoms with Gasteiger partial charge in [0.25, 0.3) is 0 Å². The first-order valence-corrected chi connectivity index (χ1v) is 11.7. The number of carbonyl (C=O) groups is 1. The molecule has 32 heavy (non-hydrogen) atoms. The summed E-state index contributed by atoms with van der Waals surface area (Å²) in [7, 11) is 0. The minimum atomic E-state index is -0.778. The second-order valence-corrected chi connectivity index (χ2v) is 10.5. The molecule has 172 valence electrons. The zero-order valence-corrected chi connectivity index (χ0v) is 19.3. The van der Waals surface area contributed by atoms with Crippen LogP contribution < -0.4 is 4.74 Å². The Morgan fingerprint density at radius 3 is 2.31 bits per heavy atom. The molecule has 0 spiro atoms. The largest absolute Gasteiger partial charge is 0.490 e. The molecular formula is C27H34FNO3. The molecule has 0 amide bonds. The van der Waals surface area contributed by atoms with Crippen molar-refractivity contribution < 1.29 is 19.0 Å². The summed E-state index contributed by atoms with van der Waals surface area (Å²) < 4.78 is 21.4. The van der Waals surface area contributed by atoms with E-state index < -0.39 is 5.97 Å². The first-order valence-electron chi connectivity index (χ1n) is 11.7. The third kappa shape index (κ3) is 5.15. The van der Waals surface area contributed by atoms with Gasteiger partial charge in [-0.2, -0.15) is 0 Å². The van der Waals surface area contributed by atoms with Crippen molar-refractivity contribution in [1.29, 1.82) is 0 Å². The lowest BCUT2D eigenvalue weighted by molar-refractivity contribution is -0.147. The van der Waals surface area contributed by atoms with Crippen LogP contribution in [0.4, 0.5) is 4.39 Å².